The third-order valence-corrected chi connectivity index (χ3v) is 2.56. The molecule has 112 valence electrons. The smallest absolute Gasteiger partial charge is 0.359 e. The van der Waals surface area contributed by atoms with Gasteiger partial charge in [-0.2, -0.15) is 26.3 Å². The number of alkyl halides is 6. The highest BCUT2D eigenvalue weighted by Gasteiger charge is 2.57. The van der Waals surface area contributed by atoms with Crippen LogP contribution in [0.5, 0.6) is 0 Å². The number of nitrogens with one attached hydrogen (secondary N) is 1. The van der Waals surface area contributed by atoms with E-state index in [2.05, 4.69) is 4.99 Å². The van der Waals surface area contributed by atoms with Crippen molar-refractivity contribution in [1.82, 2.24) is 5.32 Å². The van der Waals surface area contributed by atoms with Crippen LogP contribution in [-0.2, 0) is 0 Å². The molecule has 0 fully saturated rings. The normalized spacial score (nSPS) is 24.4. The zero-order chi connectivity index (χ0) is 16.0. The second-order valence-electron chi connectivity index (χ2n) is 4.63. The molecule has 20 heavy (non-hydrogen) atoms. The number of allylic oxidation sites excluding steroid dienone is 1. The van der Waals surface area contributed by atoms with Crippen molar-refractivity contribution in [3.63, 3.8) is 0 Å². The largest absolute Gasteiger partial charge is 0.442 e. The van der Waals surface area contributed by atoms with Crippen LogP contribution in [0.15, 0.2) is 16.8 Å². The third-order valence-electron chi connectivity index (χ3n) is 2.56. The van der Waals surface area contributed by atoms with E-state index in [9.17, 15) is 31.4 Å². The molecule has 3 nitrogen and oxygen atoms in total. The standard InChI is InChI=1S/C11H10F6N2O/c1-4-8(2,3)7-18-6(10(12,13)14)5-9(20,19-7)11(15,16)17/h1,5,20H,2-3H3,(H,18,19). The monoisotopic (exact) mass is 300 g/mol. The molecule has 0 aliphatic carbocycles. The van der Waals surface area contributed by atoms with Gasteiger partial charge in [-0.05, 0) is 13.8 Å². The molecule has 1 atom stereocenters. The summed E-state index contributed by atoms with van der Waals surface area (Å²) >= 11 is 0. The number of aliphatic imine (C=N–C) groups is 1. The van der Waals surface area contributed by atoms with E-state index < -0.39 is 41.1 Å². The summed E-state index contributed by atoms with van der Waals surface area (Å²) in [7, 11) is 0. The van der Waals surface area contributed by atoms with Crippen LogP contribution in [0.1, 0.15) is 13.8 Å². The summed E-state index contributed by atoms with van der Waals surface area (Å²) < 4.78 is 76.0. The summed E-state index contributed by atoms with van der Waals surface area (Å²) in [6, 6.07) is 0. The summed E-state index contributed by atoms with van der Waals surface area (Å²) in [5, 5.41) is 11.1. The summed E-state index contributed by atoms with van der Waals surface area (Å²) in [6.07, 6.45) is -5.91. The van der Waals surface area contributed by atoms with Gasteiger partial charge in [0, 0.05) is 6.08 Å². The van der Waals surface area contributed by atoms with Crippen molar-refractivity contribution < 1.29 is 31.4 Å². The SMILES string of the molecule is C#CC(C)(C)C1=NC(O)(C(F)(F)F)C=C(C(F)(F)F)N1. The lowest BCUT2D eigenvalue weighted by atomic mass is 9.91. The first-order valence-corrected chi connectivity index (χ1v) is 5.17. The highest BCUT2D eigenvalue weighted by atomic mass is 19.4. The molecule has 0 saturated heterocycles. The van der Waals surface area contributed by atoms with Crippen molar-refractivity contribution in [2.24, 2.45) is 10.4 Å². The molecule has 0 aromatic heterocycles. The van der Waals surface area contributed by atoms with Gasteiger partial charge in [0.15, 0.2) is 0 Å². The fourth-order valence-electron chi connectivity index (χ4n) is 1.26. The van der Waals surface area contributed by atoms with E-state index in [4.69, 9.17) is 6.42 Å². The Morgan fingerprint density at radius 2 is 1.75 bits per heavy atom. The van der Waals surface area contributed by atoms with Gasteiger partial charge in [-0.15, -0.1) is 6.42 Å². The first-order chi connectivity index (χ1) is 8.73. The summed E-state index contributed by atoms with van der Waals surface area (Å²) in [5.41, 5.74) is -7.30. The number of rotatable bonds is 1. The predicted octanol–water partition coefficient (Wildman–Crippen LogP) is 2.34. The van der Waals surface area contributed by atoms with Crippen molar-refractivity contribution in [2.75, 3.05) is 0 Å². The van der Waals surface area contributed by atoms with Crippen molar-refractivity contribution in [1.29, 1.82) is 0 Å². The molecular formula is C11H10F6N2O. The molecule has 0 aromatic rings. The molecule has 1 aliphatic rings. The second-order valence-corrected chi connectivity index (χ2v) is 4.63. The molecule has 0 radical (unpaired) electrons. The maximum absolute atomic E-state index is 12.7. The first kappa shape index (κ1) is 16.4. The second kappa shape index (κ2) is 4.41. The van der Waals surface area contributed by atoms with E-state index in [1.807, 2.05) is 5.92 Å². The van der Waals surface area contributed by atoms with Gasteiger partial charge in [0.2, 0.25) is 0 Å². The number of terminal acetylenes is 1. The molecular weight excluding hydrogens is 290 g/mol. The van der Waals surface area contributed by atoms with Crippen LogP contribution in [0.2, 0.25) is 0 Å². The third kappa shape index (κ3) is 2.90. The Hall–Kier alpha value is -1.69. The Morgan fingerprint density at radius 1 is 1.25 bits per heavy atom. The van der Waals surface area contributed by atoms with Gasteiger partial charge < -0.3 is 10.4 Å². The molecule has 0 amide bonds. The van der Waals surface area contributed by atoms with Crippen LogP contribution in [0, 0.1) is 17.8 Å². The quantitative estimate of drug-likeness (QED) is 0.577. The van der Waals surface area contributed by atoms with Gasteiger partial charge in [0.25, 0.3) is 5.72 Å². The van der Waals surface area contributed by atoms with Gasteiger partial charge in [-0.1, -0.05) is 5.92 Å². The van der Waals surface area contributed by atoms with Crippen molar-refractivity contribution in [3.05, 3.63) is 11.8 Å². The van der Waals surface area contributed by atoms with Crippen molar-refractivity contribution in [2.45, 2.75) is 31.9 Å². The number of aliphatic hydroxyl groups is 1. The fraction of sp³-hybridized carbons (Fsp3) is 0.545. The van der Waals surface area contributed by atoms with E-state index in [0.29, 0.717) is 0 Å². The van der Waals surface area contributed by atoms with Gasteiger partial charge in [0.05, 0.1) is 5.41 Å². The molecule has 0 saturated carbocycles. The maximum Gasteiger partial charge on any atom is 0.442 e. The number of halogens is 6. The van der Waals surface area contributed by atoms with Gasteiger partial charge >= 0.3 is 12.4 Å². The van der Waals surface area contributed by atoms with Crippen LogP contribution in [-0.4, -0.2) is 29.0 Å². The summed E-state index contributed by atoms with van der Waals surface area (Å²) in [4.78, 5) is 2.91. The number of nitrogens with zero attached hydrogens (tertiary/aromatic N) is 1. The Balaban J connectivity index is 3.45. The molecule has 1 aliphatic heterocycles. The zero-order valence-corrected chi connectivity index (χ0v) is 10.3. The number of amidine groups is 1. The minimum atomic E-state index is -5.42. The minimum absolute atomic E-state index is 0.427. The molecule has 0 spiro atoms. The molecule has 1 unspecified atom stereocenters. The van der Waals surface area contributed by atoms with Crippen LogP contribution in [0.25, 0.3) is 0 Å². The van der Waals surface area contributed by atoms with Crippen LogP contribution < -0.4 is 5.32 Å². The van der Waals surface area contributed by atoms with Crippen molar-refractivity contribution in [3.8, 4) is 12.3 Å². The molecule has 1 rings (SSSR count). The van der Waals surface area contributed by atoms with E-state index >= 15 is 0 Å². The van der Waals surface area contributed by atoms with Gasteiger partial charge in [-0.3, -0.25) is 0 Å². The lowest BCUT2D eigenvalue weighted by Crippen LogP contribution is -2.52. The summed E-state index contributed by atoms with van der Waals surface area (Å²) in [6.45, 7) is 2.38. The van der Waals surface area contributed by atoms with Gasteiger partial charge in [0.1, 0.15) is 11.5 Å². The highest BCUT2D eigenvalue weighted by molar-refractivity contribution is 5.92. The van der Waals surface area contributed by atoms with Crippen molar-refractivity contribution >= 4 is 5.84 Å². The van der Waals surface area contributed by atoms with Crippen LogP contribution in [0.3, 0.4) is 0 Å². The zero-order valence-electron chi connectivity index (χ0n) is 10.3. The molecule has 2 N–H and O–H groups in total. The van der Waals surface area contributed by atoms with E-state index in [-0.39, 0.29) is 0 Å². The molecule has 0 bridgehead atoms. The maximum atomic E-state index is 12.7. The predicted molar refractivity (Wildman–Crippen MR) is 58.3 cm³/mol. The highest BCUT2D eigenvalue weighted by Crippen LogP contribution is 2.39. The summed E-state index contributed by atoms with van der Waals surface area (Å²) in [5.74, 6) is 1.21. The Bertz CT molecular complexity index is 508. The van der Waals surface area contributed by atoms with E-state index in [1.54, 1.807) is 5.32 Å². The molecule has 1 heterocycles. The van der Waals surface area contributed by atoms with E-state index in [0.717, 1.165) is 0 Å². The fourth-order valence-corrected chi connectivity index (χ4v) is 1.26. The number of hydrogen-bond donors (Lipinski definition) is 2. The average Bonchev–Trinajstić information content (AvgIpc) is 2.25. The molecule has 0 aromatic carbocycles. The van der Waals surface area contributed by atoms with Gasteiger partial charge in [-0.25, -0.2) is 4.99 Å². The van der Waals surface area contributed by atoms with Crippen LogP contribution in [0.4, 0.5) is 26.3 Å². The minimum Gasteiger partial charge on any atom is -0.359 e. The first-order valence-electron chi connectivity index (χ1n) is 5.17. The lowest BCUT2D eigenvalue weighted by molar-refractivity contribution is -0.238. The Kier molecular flexibility index (Phi) is 3.61. The number of hydrogen-bond acceptors (Lipinski definition) is 3. The Labute approximate surface area is 110 Å². The molecule has 9 heteroatoms. The topological polar surface area (TPSA) is 44.6 Å². The lowest BCUT2D eigenvalue weighted by Gasteiger charge is -2.34. The van der Waals surface area contributed by atoms with Crippen LogP contribution >= 0.6 is 0 Å². The Morgan fingerprint density at radius 3 is 2.10 bits per heavy atom. The average molecular weight is 300 g/mol. The van der Waals surface area contributed by atoms with E-state index in [1.165, 1.54) is 13.8 Å².